The highest BCUT2D eigenvalue weighted by atomic mass is 79.9. The molecule has 0 spiro atoms. The van der Waals surface area contributed by atoms with Crippen molar-refractivity contribution in [3.63, 3.8) is 0 Å². The first kappa shape index (κ1) is 14.0. The Balaban J connectivity index is 2.07. The van der Waals surface area contributed by atoms with Gasteiger partial charge in [-0.15, -0.1) is 0 Å². The van der Waals surface area contributed by atoms with Crippen LogP contribution < -0.4 is 5.43 Å². The maximum Gasteiger partial charge on any atom is 0.220 e. The molecule has 2 aromatic carbocycles. The molecule has 0 radical (unpaired) electrons. The topological polar surface area (TPSA) is 41.5 Å². The average molecular weight is 382 g/mol. The fourth-order valence-corrected chi connectivity index (χ4v) is 1.98. The van der Waals surface area contributed by atoms with Crippen molar-refractivity contribution in [2.45, 2.75) is 0 Å². The van der Waals surface area contributed by atoms with Gasteiger partial charge >= 0.3 is 0 Å². The fourth-order valence-electron chi connectivity index (χ4n) is 1.40. The molecule has 0 fully saturated rings. The monoisotopic (exact) mass is 380 g/mol. The third-order valence-electron chi connectivity index (χ3n) is 2.35. The van der Waals surface area contributed by atoms with Crippen molar-refractivity contribution < 1.29 is 4.79 Å². The van der Waals surface area contributed by atoms with Crippen molar-refractivity contribution >= 4 is 48.0 Å². The van der Waals surface area contributed by atoms with E-state index >= 15 is 0 Å². The van der Waals surface area contributed by atoms with Crippen LogP contribution in [-0.4, -0.2) is 10.4 Å². The quantitative estimate of drug-likeness (QED) is 0.482. The fraction of sp³-hybridized carbons (Fsp3) is 0. The Hall–Kier alpha value is -1.46. The minimum atomic E-state index is -0.162. The standard InChI is InChI=1S/C14H10Br2N2O/c15-11-6-8-12(9-7-11)17-18-14(16)13(19)10-4-2-1-3-5-10/h1-9,17H/b18-14+. The molecule has 19 heavy (non-hydrogen) atoms. The van der Waals surface area contributed by atoms with Gasteiger partial charge in [-0.1, -0.05) is 46.3 Å². The molecule has 2 aromatic rings. The number of hydrazone groups is 1. The lowest BCUT2D eigenvalue weighted by Gasteiger charge is -2.02. The largest absolute Gasteiger partial charge is 0.286 e. The Morgan fingerprint density at radius 3 is 2.26 bits per heavy atom. The molecule has 0 bridgehead atoms. The van der Waals surface area contributed by atoms with Crippen molar-refractivity contribution in [1.82, 2.24) is 0 Å². The number of Topliss-reactive ketones (excluding diaryl/α,β-unsaturated/α-hetero) is 1. The van der Waals surface area contributed by atoms with E-state index in [4.69, 9.17) is 0 Å². The van der Waals surface area contributed by atoms with Gasteiger partial charge < -0.3 is 0 Å². The van der Waals surface area contributed by atoms with Crippen LogP contribution in [0.1, 0.15) is 10.4 Å². The summed E-state index contributed by atoms with van der Waals surface area (Å²) in [6.07, 6.45) is 0. The highest BCUT2D eigenvalue weighted by Gasteiger charge is 2.10. The van der Waals surface area contributed by atoms with E-state index in [1.54, 1.807) is 12.1 Å². The summed E-state index contributed by atoms with van der Waals surface area (Å²) in [5.74, 6) is -0.162. The number of rotatable bonds is 4. The molecule has 0 amide bonds. The molecule has 5 heteroatoms. The zero-order valence-corrected chi connectivity index (χ0v) is 13.0. The zero-order valence-electron chi connectivity index (χ0n) is 9.81. The number of halogens is 2. The summed E-state index contributed by atoms with van der Waals surface area (Å²) >= 11 is 6.53. The first-order valence-corrected chi connectivity index (χ1v) is 7.10. The molecule has 0 aliphatic rings. The highest BCUT2D eigenvalue weighted by molar-refractivity contribution is 9.19. The first-order chi connectivity index (χ1) is 9.16. The second-order valence-corrected chi connectivity index (χ2v) is 5.38. The van der Waals surface area contributed by atoms with Crippen LogP contribution in [0.25, 0.3) is 0 Å². The SMILES string of the molecule is O=C(/C(Br)=N\Nc1ccc(Br)cc1)c1ccccc1. The van der Waals surface area contributed by atoms with Crippen molar-refractivity contribution in [1.29, 1.82) is 0 Å². The number of ketones is 1. The minimum absolute atomic E-state index is 0.162. The molecule has 0 aliphatic heterocycles. The van der Waals surface area contributed by atoms with Crippen LogP contribution in [0.3, 0.4) is 0 Å². The van der Waals surface area contributed by atoms with Gasteiger partial charge in [0, 0.05) is 10.0 Å². The van der Waals surface area contributed by atoms with E-state index in [1.807, 2.05) is 42.5 Å². The number of carbonyl (C=O) groups excluding carboxylic acids is 1. The number of nitrogens with one attached hydrogen (secondary N) is 1. The molecule has 0 saturated heterocycles. The van der Waals surface area contributed by atoms with Crippen molar-refractivity contribution in [3.05, 3.63) is 64.6 Å². The second-order valence-electron chi connectivity index (χ2n) is 3.72. The van der Waals surface area contributed by atoms with Gasteiger partial charge in [0.25, 0.3) is 0 Å². The lowest BCUT2D eigenvalue weighted by Crippen LogP contribution is -2.09. The van der Waals surface area contributed by atoms with Crippen LogP contribution in [0.4, 0.5) is 5.69 Å². The Morgan fingerprint density at radius 2 is 1.63 bits per heavy atom. The van der Waals surface area contributed by atoms with Gasteiger partial charge in [-0.2, -0.15) is 5.10 Å². The van der Waals surface area contributed by atoms with E-state index in [9.17, 15) is 4.79 Å². The Morgan fingerprint density at radius 1 is 1.00 bits per heavy atom. The number of carbonyl (C=O) groups is 1. The average Bonchev–Trinajstić information content (AvgIpc) is 2.46. The van der Waals surface area contributed by atoms with Gasteiger partial charge in [-0.05, 0) is 40.2 Å². The van der Waals surface area contributed by atoms with Crippen LogP contribution in [0.5, 0.6) is 0 Å². The molecule has 0 unspecified atom stereocenters. The van der Waals surface area contributed by atoms with Crippen LogP contribution in [0, 0.1) is 0 Å². The molecule has 96 valence electrons. The molecule has 2 rings (SSSR count). The lowest BCUT2D eigenvalue weighted by molar-refractivity contribution is 0.106. The number of hydrogen-bond donors (Lipinski definition) is 1. The number of nitrogens with zero attached hydrogens (tertiary/aromatic N) is 1. The smallest absolute Gasteiger partial charge is 0.220 e. The Kier molecular flexibility index (Phi) is 4.87. The molecule has 0 atom stereocenters. The van der Waals surface area contributed by atoms with Gasteiger partial charge in [0.15, 0.2) is 4.62 Å². The summed E-state index contributed by atoms with van der Waals surface area (Å²) in [6.45, 7) is 0. The van der Waals surface area contributed by atoms with E-state index in [1.165, 1.54) is 0 Å². The van der Waals surface area contributed by atoms with Crippen LogP contribution in [0.15, 0.2) is 64.2 Å². The molecule has 1 N–H and O–H groups in total. The van der Waals surface area contributed by atoms with Gasteiger partial charge in [-0.25, -0.2) is 0 Å². The normalized spacial score (nSPS) is 11.2. The molecule has 3 nitrogen and oxygen atoms in total. The lowest BCUT2D eigenvalue weighted by atomic mass is 10.1. The summed E-state index contributed by atoms with van der Waals surface area (Å²) in [4.78, 5) is 12.0. The molecule has 0 aromatic heterocycles. The van der Waals surface area contributed by atoms with Crippen LogP contribution in [0.2, 0.25) is 0 Å². The van der Waals surface area contributed by atoms with Gasteiger partial charge in [0.05, 0.1) is 5.69 Å². The third kappa shape index (κ3) is 4.01. The maximum absolute atomic E-state index is 12.0. The summed E-state index contributed by atoms with van der Waals surface area (Å²) in [7, 11) is 0. The van der Waals surface area contributed by atoms with E-state index < -0.39 is 0 Å². The van der Waals surface area contributed by atoms with Crippen molar-refractivity contribution in [2.75, 3.05) is 5.43 Å². The van der Waals surface area contributed by atoms with Gasteiger partial charge in [0.1, 0.15) is 0 Å². The molecular formula is C14H10Br2N2O. The molecule has 0 saturated carbocycles. The molecule has 0 aliphatic carbocycles. The molecule has 0 heterocycles. The predicted molar refractivity (Wildman–Crippen MR) is 84.9 cm³/mol. The second kappa shape index (κ2) is 6.63. The Labute approximate surface area is 128 Å². The predicted octanol–water partition coefficient (Wildman–Crippen LogP) is 4.45. The minimum Gasteiger partial charge on any atom is -0.286 e. The van der Waals surface area contributed by atoms with E-state index in [-0.39, 0.29) is 10.4 Å². The van der Waals surface area contributed by atoms with Crippen molar-refractivity contribution in [3.8, 4) is 0 Å². The number of anilines is 1. The van der Waals surface area contributed by atoms with Gasteiger partial charge in [0.2, 0.25) is 5.78 Å². The Bertz CT molecular complexity index is 595. The first-order valence-electron chi connectivity index (χ1n) is 5.51. The third-order valence-corrected chi connectivity index (χ3v) is 3.42. The van der Waals surface area contributed by atoms with Crippen LogP contribution in [-0.2, 0) is 0 Å². The van der Waals surface area contributed by atoms with Crippen LogP contribution >= 0.6 is 31.9 Å². The van der Waals surface area contributed by atoms with E-state index in [2.05, 4.69) is 42.4 Å². The summed E-state index contributed by atoms with van der Waals surface area (Å²) in [5.41, 5.74) is 4.22. The van der Waals surface area contributed by atoms with Crippen molar-refractivity contribution in [2.24, 2.45) is 5.10 Å². The van der Waals surface area contributed by atoms with E-state index in [0.29, 0.717) is 5.56 Å². The summed E-state index contributed by atoms with van der Waals surface area (Å²) in [6, 6.07) is 16.5. The summed E-state index contributed by atoms with van der Waals surface area (Å²) < 4.78 is 1.23. The van der Waals surface area contributed by atoms with E-state index in [0.717, 1.165) is 10.2 Å². The molecular weight excluding hydrogens is 372 g/mol. The highest BCUT2D eigenvalue weighted by Crippen LogP contribution is 2.14. The zero-order chi connectivity index (χ0) is 13.7. The maximum atomic E-state index is 12.0. The van der Waals surface area contributed by atoms with Gasteiger partial charge in [-0.3, -0.25) is 10.2 Å². The summed E-state index contributed by atoms with van der Waals surface area (Å²) in [5, 5.41) is 4.02. The number of benzene rings is 2. The number of hydrogen-bond acceptors (Lipinski definition) is 3.